The molecule has 0 radical (unpaired) electrons. The molecule has 1 amide bonds. The van der Waals surface area contributed by atoms with Gasteiger partial charge in [0.05, 0.1) is 22.2 Å². The Hall–Kier alpha value is -2.05. The van der Waals surface area contributed by atoms with Crippen molar-refractivity contribution in [3.63, 3.8) is 0 Å². The van der Waals surface area contributed by atoms with Crippen molar-refractivity contribution in [2.75, 3.05) is 13.7 Å². The maximum absolute atomic E-state index is 12.8. The van der Waals surface area contributed by atoms with Crippen LogP contribution in [-0.4, -0.2) is 29.6 Å². The lowest BCUT2D eigenvalue weighted by atomic mass is 10.1. The SMILES string of the molecule is CCN1C(=O)/C(=C/c2ccc(OC)c(Br)c2)SC1=Nc1ccc(C)c(C)c1. The molecule has 0 aromatic heterocycles. The molecule has 0 bridgehead atoms. The number of carbonyl (C=O) groups excluding carboxylic acids is 1. The van der Waals surface area contributed by atoms with Gasteiger partial charge in [-0.05, 0) is 95.5 Å². The van der Waals surface area contributed by atoms with E-state index in [1.807, 2.05) is 43.3 Å². The van der Waals surface area contributed by atoms with Crippen LogP contribution in [0.3, 0.4) is 0 Å². The molecule has 1 heterocycles. The van der Waals surface area contributed by atoms with Crippen molar-refractivity contribution in [1.29, 1.82) is 0 Å². The quantitative estimate of drug-likeness (QED) is 0.567. The number of benzene rings is 2. The van der Waals surface area contributed by atoms with Crippen LogP contribution in [0.1, 0.15) is 23.6 Å². The highest BCUT2D eigenvalue weighted by Gasteiger charge is 2.32. The monoisotopic (exact) mass is 444 g/mol. The van der Waals surface area contributed by atoms with Gasteiger partial charge >= 0.3 is 0 Å². The minimum Gasteiger partial charge on any atom is -0.496 e. The molecule has 0 N–H and O–H groups in total. The van der Waals surface area contributed by atoms with Crippen molar-refractivity contribution < 1.29 is 9.53 Å². The summed E-state index contributed by atoms with van der Waals surface area (Å²) >= 11 is 4.89. The number of amidine groups is 1. The van der Waals surface area contributed by atoms with Crippen LogP contribution in [-0.2, 0) is 4.79 Å². The Balaban J connectivity index is 1.93. The van der Waals surface area contributed by atoms with Gasteiger partial charge in [0.15, 0.2) is 5.17 Å². The minimum absolute atomic E-state index is 0.0166. The zero-order valence-corrected chi connectivity index (χ0v) is 18.1. The maximum atomic E-state index is 12.8. The smallest absolute Gasteiger partial charge is 0.266 e. The second-order valence-electron chi connectivity index (χ2n) is 6.22. The third-order valence-corrected chi connectivity index (χ3v) is 6.02. The lowest BCUT2D eigenvalue weighted by Gasteiger charge is -2.12. The third-order valence-electron chi connectivity index (χ3n) is 4.39. The number of methoxy groups -OCH3 is 1. The van der Waals surface area contributed by atoms with E-state index >= 15 is 0 Å². The van der Waals surface area contributed by atoms with E-state index in [-0.39, 0.29) is 5.91 Å². The molecule has 1 fully saturated rings. The van der Waals surface area contributed by atoms with Crippen molar-refractivity contribution in [2.45, 2.75) is 20.8 Å². The largest absolute Gasteiger partial charge is 0.496 e. The Labute approximate surface area is 172 Å². The normalized spacial score (nSPS) is 17.2. The second kappa shape index (κ2) is 8.31. The molecule has 140 valence electrons. The average Bonchev–Trinajstić information content (AvgIpc) is 2.93. The lowest BCUT2D eigenvalue weighted by molar-refractivity contribution is -0.122. The zero-order valence-electron chi connectivity index (χ0n) is 15.7. The van der Waals surface area contributed by atoms with Gasteiger partial charge in [-0.3, -0.25) is 9.69 Å². The van der Waals surface area contributed by atoms with Gasteiger partial charge in [0.1, 0.15) is 5.75 Å². The number of halogens is 1. The molecular formula is C21H21BrN2O2S. The first-order chi connectivity index (χ1) is 12.9. The predicted octanol–water partition coefficient (Wildman–Crippen LogP) is 5.70. The molecule has 3 rings (SSSR count). The van der Waals surface area contributed by atoms with E-state index in [0.717, 1.165) is 21.5 Å². The second-order valence-corrected chi connectivity index (χ2v) is 8.08. The highest BCUT2D eigenvalue weighted by Crippen LogP contribution is 2.35. The number of aryl methyl sites for hydroxylation is 2. The van der Waals surface area contributed by atoms with Gasteiger partial charge in [0.25, 0.3) is 5.91 Å². The molecule has 0 atom stereocenters. The first-order valence-electron chi connectivity index (χ1n) is 8.63. The number of thioether (sulfide) groups is 1. The van der Waals surface area contributed by atoms with Crippen molar-refractivity contribution in [3.05, 3.63) is 62.5 Å². The van der Waals surface area contributed by atoms with Gasteiger partial charge < -0.3 is 4.74 Å². The molecule has 27 heavy (non-hydrogen) atoms. The van der Waals surface area contributed by atoms with Crippen LogP contribution in [0.25, 0.3) is 6.08 Å². The highest BCUT2D eigenvalue weighted by molar-refractivity contribution is 9.10. The van der Waals surface area contributed by atoms with E-state index in [2.05, 4.69) is 35.8 Å². The molecule has 2 aromatic carbocycles. The van der Waals surface area contributed by atoms with E-state index in [0.29, 0.717) is 16.6 Å². The highest BCUT2D eigenvalue weighted by atomic mass is 79.9. The molecule has 0 unspecified atom stereocenters. The fourth-order valence-electron chi connectivity index (χ4n) is 2.70. The van der Waals surface area contributed by atoms with Crippen LogP contribution in [0.5, 0.6) is 5.75 Å². The van der Waals surface area contributed by atoms with Crippen molar-refractivity contribution in [3.8, 4) is 5.75 Å². The number of hydrogen-bond acceptors (Lipinski definition) is 4. The number of carbonyl (C=O) groups is 1. The minimum atomic E-state index is -0.0166. The standard InChI is InChI=1S/C21H21BrN2O2S/c1-5-24-20(25)19(12-15-7-9-18(26-4)17(22)11-15)27-21(24)23-16-8-6-13(2)14(3)10-16/h6-12H,5H2,1-4H3/b19-12-,23-21?. The number of hydrogen-bond donors (Lipinski definition) is 0. The maximum Gasteiger partial charge on any atom is 0.266 e. The van der Waals surface area contributed by atoms with E-state index in [9.17, 15) is 4.79 Å². The van der Waals surface area contributed by atoms with Crippen LogP contribution in [0.2, 0.25) is 0 Å². The summed E-state index contributed by atoms with van der Waals surface area (Å²) in [5.41, 5.74) is 4.21. The van der Waals surface area contributed by atoms with Crippen LogP contribution >= 0.6 is 27.7 Å². The van der Waals surface area contributed by atoms with Crippen LogP contribution in [0, 0.1) is 13.8 Å². The number of aliphatic imine (C=N–C) groups is 1. The molecule has 2 aromatic rings. The Morgan fingerprint density at radius 3 is 2.59 bits per heavy atom. The molecule has 1 aliphatic heterocycles. The Morgan fingerprint density at radius 1 is 1.19 bits per heavy atom. The fourth-order valence-corrected chi connectivity index (χ4v) is 4.32. The number of amides is 1. The Morgan fingerprint density at radius 2 is 1.96 bits per heavy atom. The number of ether oxygens (including phenoxy) is 1. The summed E-state index contributed by atoms with van der Waals surface area (Å²) in [6, 6.07) is 11.8. The van der Waals surface area contributed by atoms with E-state index in [1.165, 1.54) is 22.9 Å². The summed E-state index contributed by atoms with van der Waals surface area (Å²) < 4.78 is 6.11. The van der Waals surface area contributed by atoms with Crippen molar-refractivity contribution in [2.24, 2.45) is 4.99 Å². The van der Waals surface area contributed by atoms with Crippen molar-refractivity contribution >= 4 is 50.5 Å². The number of nitrogens with zero attached hydrogens (tertiary/aromatic N) is 2. The molecular weight excluding hydrogens is 424 g/mol. The van der Waals surface area contributed by atoms with Crippen LogP contribution in [0.4, 0.5) is 5.69 Å². The summed E-state index contributed by atoms with van der Waals surface area (Å²) in [6.07, 6.45) is 1.89. The van der Waals surface area contributed by atoms with Crippen LogP contribution in [0.15, 0.2) is 50.8 Å². The average molecular weight is 445 g/mol. The topological polar surface area (TPSA) is 41.9 Å². The molecule has 0 saturated carbocycles. The predicted molar refractivity (Wildman–Crippen MR) is 117 cm³/mol. The van der Waals surface area contributed by atoms with Gasteiger partial charge in [0, 0.05) is 6.54 Å². The van der Waals surface area contributed by atoms with Crippen molar-refractivity contribution in [1.82, 2.24) is 4.90 Å². The van der Waals surface area contributed by atoms with E-state index in [1.54, 1.807) is 12.0 Å². The molecule has 1 saturated heterocycles. The zero-order chi connectivity index (χ0) is 19.6. The number of likely N-dealkylation sites (N-methyl/N-ethyl adjacent to an activating group) is 1. The van der Waals surface area contributed by atoms with Gasteiger partial charge in [-0.1, -0.05) is 12.1 Å². The van der Waals surface area contributed by atoms with Gasteiger partial charge in [-0.15, -0.1) is 0 Å². The molecule has 1 aliphatic rings. The summed E-state index contributed by atoms with van der Waals surface area (Å²) in [6.45, 7) is 6.68. The third kappa shape index (κ3) is 4.28. The number of rotatable bonds is 4. The van der Waals surface area contributed by atoms with E-state index in [4.69, 9.17) is 9.73 Å². The summed E-state index contributed by atoms with van der Waals surface area (Å²) in [5, 5.41) is 0.713. The molecule has 4 nitrogen and oxygen atoms in total. The molecule has 6 heteroatoms. The van der Waals surface area contributed by atoms with Gasteiger partial charge in [-0.25, -0.2) is 4.99 Å². The summed E-state index contributed by atoms with van der Waals surface area (Å²) in [5.74, 6) is 0.742. The van der Waals surface area contributed by atoms with E-state index < -0.39 is 0 Å². The summed E-state index contributed by atoms with van der Waals surface area (Å²) in [7, 11) is 1.63. The van der Waals surface area contributed by atoms with Gasteiger partial charge in [0.2, 0.25) is 0 Å². The fraction of sp³-hybridized carbons (Fsp3) is 0.238. The Kier molecular flexibility index (Phi) is 6.07. The molecule has 0 spiro atoms. The first kappa shape index (κ1) is 19.7. The first-order valence-corrected chi connectivity index (χ1v) is 10.2. The lowest BCUT2D eigenvalue weighted by Crippen LogP contribution is -2.28. The van der Waals surface area contributed by atoms with Crippen LogP contribution < -0.4 is 4.74 Å². The van der Waals surface area contributed by atoms with Gasteiger partial charge in [-0.2, -0.15) is 0 Å². The Bertz CT molecular complexity index is 953. The molecule has 0 aliphatic carbocycles. The summed E-state index contributed by atoms with van der Waals surface area (Å²) in [4.78, 5) is 19.9.